The average Bonchev–Trinajstić information content (AvgIpc) is 2.38. The summed E-state index contributed by atoms with van der Waals surface area (Å²) in [6.07, 6.45) is 2.23. The van der Waals surface area contributed by atoms with Crippen LogP contribution in [0.2, 0.25) is 5.02 Å². The van der Waals surface area contributed by atoms with Gasteiger partial charge in [0, 0.05) is 36.8 Å². The van der Waals surface area contributed by atoms with Gasteiger partial charge in [0.2, 0.25) is 0 Å². The number of halogens is 2. The van der Waals surface area contributed by atoms with Gasteiger partial charge in [-0.3, -0.25) is 0 Å². The number of nitrogens with zero attached hydrogens (tertiary/aromatic N) is 1. The van der Waals surface area contributed by atoms with Crippen molar-refractivity contribution in [2.24, 2.45) is 0 Å². The van der Waals surface area contributed by atoms with Crippen molar-refractivity contribution in [2.45, 2.75) is 31.2 Å². The number of anilines is 1. The average molecular weight is 288 g/mol. The summed E-state index contributed by atoms with van der Waals surface area (Å²) in [6, 6.07) is 5.93. The first kappa shape index (κ1) is 14.0. The van der Waals surface area contributed by atoms with Crippen LogP contribution in [0.3, 0.4) is 0 Å². The molecule has 0 saturated carbocycles. The first-order valence-electron chi connectivity index (χ1n) is 6.22. The Labute approximate surface area is 119 Å². The molecule has 0 amide bonds. The molecule has 1 saturated heterocycles. The lowest BCUT2D eigenvalue weighted by molar-refractivity contribution is -0.00467. The Kier molecular flexibility index (Phi) is 4.41. The van der Waals surface area contributed by atoms with Crippen LogP contribution in [0.5, 0.6) is 0 Å². The zero-order valence-corrected chi connectivity index (χ0v) is 12.4. The van der Waals surface area contributed by atoms with Crippen LogP contribution in [0.25, 0.3) is 0 Å². The molecule has 0 aromatic heterocycles. The number of rotatable bonds is 3. The summed E-state index contributed by atoms with van der Waals surface area (Å²) in [6.45, 7) is 4.11. The van der Waals surface area contributed by atoms with Gasteiger partial charge in [0.1, 0.15) is 0 Å². The van der Waals surface area contributed by atoms with E-state index in [1.807, 2.05) is 12.1 Å². The molecule has 0 N–H and O–H groups in total. The third-order valence-corrected chi connectivity index (χ3v) is 4.20. The molecule has 2 rings (SSSR count). The molecule has 0 spiro atoms. The molecule has 0 radical (unpaired) electrons. The van der Waals surface area contributed by atoms with Gasteiger partial charge in [0.15, 0.2) is 0 Å². The van der Waals surface area contributed by atoms with E-state index in [9.17, 15) is 0 Å². The quantitative estimate of drug-likeness (QED) is 0.777. The van der Waals surface area contributed by atoms with Crippen molar-refractivity contribution < 1.29 is 4.74 Å². The van der Waals surface area contributed by atoms with Gasteiger partial charge in [-0.05, 0) is 43.5 Å². The first-order chi connectivity index (χ1) is 8.58. The highest BCUT2D eigenvalue weighted by Crippen LogP contribution is 2.32. The van der Waals surface area contributed by atoms with E-state index >= 15 is 0 Å². The summed E-state index contributed by atoms with van der Waals surface area (Å²) in [5.41, 5.74) is 2.20. The van der Waals surface area contributed by atoms with E-state index in [1.54, 1.807) is 7.11 Å². The van der Waals surface area contributed by atoms with Crippen molar-refractivity contribution >= 4 is 28.9 Å². The second-order valence-corrected chi connectivity index (χ2v) is 5.79. The Bertz CT molecular complexity index is 424. The van der Waals surface area contributed by atoms with E-state index in [4.69, 9.17) is 27.9 Å². The van der Waals surface area contributed by atoms with Crippen LogP contribution >= 0.6 is 23.2 Å². The Balaban J connectivity index is 2.25. The molecule has 1 atom stereocenters. The standard InChI is InChI=1S/C14H19Cl2NO/c1-14(18-2)6-3-7-17(10-14)13-5-4-12(16)8-11(13)9-15/h4-5,8H,3,6-7,9-10H2,1-2H3. The molecule has 1 aromatic rings. The van der Waals surface area contributed by atoms with Crippen molar-refractivity contribution in [3.8, 4) is 0 Å². The maximum absolute atomic E-state index is 6.02. The highest BCUT2D eigenvalue weighted by Gasteiger charge is 2.31. The van der Waals surface area contributed by atoms with Crippen LogP contribution in [0.4, 0.5) is 5.69 Å². The number of methoxy groups -OCH3 is 1. The molecule has 2 nitrogen and oxygen atoms in total. The van der Waals surface area contributed by atoms with Crippen molar-refractivity contribution in [1.82, 2.24) is 0 Å². The molecular formula is C14H19Cl2NO. The number of hydrogen-bond acceptors (Lipinski definition) is 2. The first-order valence-corrected chi connectivity index (χ1v) is 7.14. The SMILES string of the molecule is COC1(C)CCCN(c2ccc(Cl)cc2CCl)C1. The fourth-order valence-electron chi connectivity index (χ4n) is 2.55. The lowest BCUT2D eigenvalue weighted by atomic mass is 9.94. The van der Waals surface area contributed by atoms with Gasteiger partial charge >= 0.3 is 0 Å². The van der Waals surface area contributed by atoms with Gasteiger partial charge in [0.25, 0.3) is 0 Å². The van der Waals surface area contributed by atoms with Crippen LogP contribution < -0.4 is 4.90 Å². The Morgan fingerprint density at radius 2 is 2.22 bits per heavy atom. The van der Waals surface area contributed by atoms with Gasteiger partial charge in [0.05, 0.1) is 5.60 Å². The molecule has 0 aliphatic carbocycles. The van der Waals surface area contributed by atoms with Crippen LogP contribution in [-0.4, -0.2) is 25.8 Å². The minimum atomic E-state index is -0.0680. The van der Waals surface area contributed by atoms with E-state index in [1.165, 1.54) is 5.69 Å². The van der Waals surface area contributed by atoms with Crippen molar-refractivity contribution in [3.05, 3.63) is 28.8 Å². The summed E-state index contributed by atoms with van der Waals surface area (Å²) in [7, 11) is 1.79. The normalized spacial score (nSPS) is 24.3. The second-order valence-electron chi connectivity index (χ2n) is 5.09. The molecule has 1 aromatic carbocycles. The topological polar surface area (TPSA) is 12.5 Å². The van der Waals surface area contributed by atoms with E-state index in [0.29, 0.717) is 5.88 Å². The van der Waals surface area contributed by atoms with Crippen LogP contribution in [-0.2, 0) is 10.6 Å². The maximum Gasteiger partial charge on any atom is 0.0825 e. The lowest BCUT2D eigenvalue weighted by Gasteiger charge is -2.41. The molecule has 100 valence electrons. The zero-order valence-electron chi connectivity index (χ0n) is 10.9. The van der Waals surface area contributed by atoms with Gasteiger partial charge in [-0.15, -0.1) is 11.6 Å². The Morgan fingerprint density at radius 3 is 2.89 bits per heavy atom. The van der Waals surface area contributed by atoms with Gasteiger partial charge in [-0.2, -0.15) is 0 Å². The van der Waals surface area contributed by atoms with Crippen LogP contribution in [0.15, 0.2) is 18.2 Å². The molecule has 1 unspecified atom stereocenters. The van der Waals surface area contributed by atoms with Crippen molar-refractivity contribution in [1.29, 1.82) is 0 Å². The lowest BCUT2D eigenvalue weighted by Crippen LogP contribution is -2.47. The third-order valence-electron chi connectivity index (χ3n) is 3.68. The molecule has 4 heteroatoms. The van der Waals surface area contributed by atoms with Crippen molar-refractivity contribution in [2.75, 3.05) is 25.1 Å². The predicted molar refractivity (Wildman–Crippen MR) is 77.9 cm³/mol. The smallest absolute Gasteiger partial charge is 0.0825 e. The van der Waals surface area contributed by atoms with E-state index in [0.717, 1.165) is 36.5 Å². The molecule has 0 bridgehead atoms. The largest absolute Gasteiger partial charge is 0.377 e. The molecule has 1 fully saturated rings. The molecule has 1 aliphatic heterocycles. The second kappa shape index (κ2) is 5.68. The number of ether oxygens (including phenoxy) is 1. The number of hydrogen-bond donors (Lipinski definition) is 0. The zero-order chi connectivity index (χ0) is 13.2. The summed E-state index contributed by atoms with van der Waals surface area (Å²) in [5.74, 6) is 0.482. The third kappa shape index (κ3) is 2.93. The summed E-state index contributed by atoms with van der Waals surface area (Å²) in [5, 5.41) is 0.737. The number of piperidine rings is 1. The highest BCUT2D eigenvalue weighted by molar-refractivity contribution is 6.30. The minimum absolute atomic E-state index is 0.0680. The molecule has 1 heterocycles. The predicted octanol–water partition coefficient (Wildman–Crippen LogP) is 4.08. The monoisotopic (exact) mass is 287 g/mol. The Hall–Kier alpha value is -0.440. The van der Waals surface area contributed by atoms with Crippen molar-refractivity contribution in [3.63, 3.8) is 0 Å². The van der Waals surface area contributed by atoms with Gasteiger partial charge < -0.3 is 9.64 Å². The maximum atomic E-state index is 6.02. The summed E-state index contributed by atoms with van der Waals surface area (Å²) >= 11 is 12.0. The van der Waals surface area contributed by atoms with Crippen LogP contribution in [0, 0.1) is 0 Å². The van der Waals surface area contributed by atoms with Gasteiger partial charge in [-0.1, -0.05) is 11.6 Å². The summed E-state index contributed by atoms with van der Waals surface area (Å²) < 4.78 is 5.63. The molecule has 1 aliphatic rings. The fraction of sp³-hybridized carbons (Fsp3) is 0.571. The van der Waals surface area contributed by atoms with Crippen LogP contribution in [0.1, 0.15) is 25.3 Å². The van der Waals surface area contributed by atoms with E-state index < -0.39 is 0 Å². The van der Waals surface area contributed by atoms with E-state index in [-0.39, 0.29) is 5.60 Å². The van der Waals surface area contributed by atoms with E-state index in [2.05, 4.69) is 17.9 Å². The highest BCUT2D eigenvalue weighted by atomic mass is 35.5. The molecule has 18 heavy (non-hydrogen) atoms. The number of alkyl halides is 1. The molecular weight excluding hydrogens is 269 g/mol. The number of benzene rings is 1. The minimum Gasteiger partial charge on any atom is -0.377 e. The summed E-state index contributed by atoms with van der Waals surface area (Å²) in [4.78, 5) is 2.35. The Morgan fingerprint density at radius 1 is 1.44 bits per heavy atom. The van der Waals surface area contributed by atoms with Gasteiger partial charge in [-0.25, -0.2) is 0 Å². The fourth-order valence-corrected chi connectivity index (χ4v) is 2.96.